The molecule has 0 heterocycles. The van der Waals surface area contributed by atoms with E-state index in [9.17, 15) is 9.18 Å². The lowest BCUT2D eigenvalue weighted by atomic mass is 9.88. The lowest BCUT2D eigenvalue weighted by Crippen LogP contribution is -2.31. The number of amides is 1. The Labute approximate surface area is 105 Å². The highest BCUT2D eigenvalue weighted by atomic mass is 19.1. The van der Waals surface area contributed by atoms with Crippen LogP contribution in [0.25, 0.3) is 0 Å². The highest BCUT2D eigenvalue weighted by Crippen LogP contribution is 2.23. The van der Waals surface area contributed by atoms with Crippen LogP contribution in [0.1, 0.15) is 25.8 Å². The zero-order chi connectivity index (χ0) is 13.8. The Kier molecular flexibility index (Phi) is 4.01. The highest BCUT2D eigenvalue weighted by molar-refractivity contribution is 5.97. The molecule has 1 aromatic carbocycles. The number of anilines is 1. The molecule has 1 atom stereocenters. The van der Waals surface area contributed by atoms with Gasteiger partial charge in [0, 0.05) is 5.69 Å². The molecule has 0 bridgehead atoms. The molecule has 18 heavy (non-hydrogen) atoms. The van der Waals surface area contributed by atoms with E-state index in [0.29, 0.717) is 12.1 Å². The van der Waals surface area contributed by atoms with Crippen molar-refractivity contribution >= 4 is 11.6 Å². The first kappa shape index (κ1) is 13.7. The molecule has 92 valence electrons. The van der Waals surface area contributed by atoms with Crippen LogP contribution in [-0.4, -0.2) is 5.91 Å². The third-order valence-corrected chi connectivity index (χ3v) is 2.80. The normalized spacial score (nSPS) is 12.9. The summed E-state index contributed by atoms with van der Waals surface area (Å²) < 4.78 is 13.1. The van der Waals surface area contributed by atoms with E-state index in [0.717, 1.165) is 6.07 Å². The minimum absolute atomic E-state index is 0.150. The first-order chi connectivity index (χ1) is 8.46. The minimum Gasteiger partial charge on any atom is -0.325 e. The summed E-state index contributed by atoms with van der Waals surface area (Å²) in [7, 11) is 0. The van der Waals surface area contributed by atoms with Crippen molar-refractivity contribution in [2.24, 2.45) is 5.41 Å². The number of carbonyl (C=O) groups excluding carboxylic acids is 1. The van der Waals surface area contributed by atoms with Crippen molar-refractivity contribution in [3.63, 3.8) is 0 Å². The van der Waals surface area contributed by atoms with Gasteiger partial charge in [0.1, 0.15) is 17.3 Å². The van der Waals surface area contributed by atoms with Crippen molar-refractivity contribution in [2.75, 3.05) is 5.32 Å². The van der Waals surface area contributed by atoms with Crippen LogP contribution in [0, 0.1) is 33.9 Å². The number of hydrogen-bond acceptors (Lipinski definition) is 3. The molecule has 0 saturated carbocycles. The predicted molar refractivity (Wildman–Crippen MR) is 63.8 cm³/mol. The Morgan fingerprint density at radius 3 is 2.67 bits per heavy atom. The van der Waals surface area contributed by atoms with Crippen molar-refractivity contribution in [1.29, 1.82) is 10.5 Å². The number of benzene rings is 1. The molecule has 5 heteroatoms. The van der Waals surface area contributed by atoms with Gasteiger partial charge in [-0.15, -0.1) is 0 Å². The third kappa shape index (κ3) is 2.64. The van der Waals surface area contributed by atoms with Crippen LogP contribution in [0.15, 0.2) is 18.2 Å². The molecule has 1 amide bonds. The van der Waals surface area contributed by atoms with Gasteiger partial charge in [0.2, 0.25) is 5.91 Å². The zero-order valence-corrected chi connectivity index (χ0v) is 10.1. The number of carbonyl (C=O) groups is 1. The van der Waals surface area contributed by atoms with E-state index in [1.165, 1.54) is 19.1 Å². The van der Waals surface area contributed by atoms with E-state index >= 15 is 0 Å². The molecule has 0 aliphatic carbocycles. The molecule has 1 N–H and O–H groups in total. The van der Waals surface area contributed by atoms with E-state index in [2.05, 4.69) is 5.32 Å². The molecule has 1 rings (SSSR count). The van der Waals surface area contributed by atoms with E-state index in [-0.39, 0.29) is 5.56 Å². The maximum absolute atomic E-state index is 13.1. The second kappa shape index (κ2) is 5.29. The molecule has 0 aromatic heterocycles. The molecule has 0 fully saturated rings. The SMILES string of the molecule is CCC(C)(C#N)C(=O)Nc1ccc(F)c(C#N)c1. The van der Waals surface area contributed by atoms with Crippen LogP contribution >= 0.6 is 0 Å². The van der Waals surface area contributed by atoms with Crippen LogP contribution in [0.4, 0.5) is 10.1 Å². The van der Waals surface area contributed by atoms with Crippen molar-refractivity contribution in [3.8, 4) is 12.1 Å². The van der Waals surface area contributed by atoms with E-state index in [1.54, 1.807) is 13.0 Å². The average Bonchev–Trinajstić information content (AvgIpc) is 2.39. The van der Waals surface area contributed by atoms with Gasteiger partial charge in [0.25, 0.3) is 0 Å². The molecule has 1 unspecified atom stereocenters. The number of halogens is 1. The van der Waals surface area contributed by atoms with E-state index in [1.807, 2.05) is 6.07 Å². The maximum Gasteiger partial charge on any atom is 0.244 e. The van der Waals surface area contributed by atoms with Crippen molar-refractivity contribution in [1.82, 2.24) is 0 Å². The van der Waals surface area contributed by atoms with Gasteiger partial charge in [-0.05, 0) is 31.5 Å². The van der Waals surface area contributed by atoms with Crippen molar-refractivity contribution < 1.29 is 9.18 Å². The van der Waals surface area contributed by atoms with Gasteiger partial charge < -0.3 is 5.32 Å². The Balaban J connectivity index is 2.97. The Morgan fingerprint density at radius 2 is 2.17 bits per heavy atom. The fraction of sp³-hybridized carbons (Fsp3) is 0.308. The molecule has 0 saturated heterocycles. The summed E-state index contributed by atoms with van der Waals surface area (Å²) in [6, 6.07) is 7.31. The Bertz CT molecular complexity index is 556. The van der Waals surface area contributed by atoms with E-state index in [4.69, 9.17) is 10.5 Å². The van der Waals surface area contributed by atoms with Crippen molar-refractivity contribution in [2.45, 2.75) is 20.3 Å². The Hall–Kier alpha value is -2.40. The maximum atomic E-state index is 13.1. The van der Waals surface area contributed by atoms with Crippen LogP contribution in [0.5, 0.6) is 0 Å². The number of nitrogens with one attached hydrogen (secondary N) is 1. The largest absolute Gasteiger partial charge is 0.325 e. The van der Waals surface area contributed by atoms with Crippen LogP contribution in [0.3, 0.4) is 0 Å². The summed E-state index contributed by atoms with van der Waals surface area (Å²) in [5, 5.41) is 20.1. The van der Waals surface area contributed by atoms with E-state index < -0.39 is 17.1 Å². The minimum atomic E-state index is -1.14. The topological polar surface area (TPSA) is 76.7 Å². The number of nitrogens with zero attached hydrogens (tertiary/aromatic N) is 2. The molecule has 0 aliphatic heterocycles. The summed E-state index contributed by atoms with van der Waals surface area (Å²) in [5.41, 5.74) is -0.989. The second-order valence-electron chi connectivity index (χ2n) is 4.06. The summed E-state index contributed by atoms with van der Waals surface area (Å²) in [4.78, 5) is 11.9. The summed E-state index contributed by atoms with van der Waals surface area (Å²) in [5.74, 6) is -1.11. The summed E-state index contributed by atoms with van der Waals surface area (Å²) in [6.07, 6.45) is 0.363. The molecule has 0 radical (unpaired) electrons. The van der Waals surface area contributed by atoms with Gasteiger partial charge in [0.15, 0.2) is 0 Å². The summed E-state index contributed by atoms with van der Waals surface area (Å²) >= 11 is 0. The Morgan fingerprint density at radius 1 is 1.50 bits per heavy atom. The highest BCUT2D eigenvalue weighted by Gasteiger charge is 2.31. The first-order valence-corrected chi connectivity index (χ1v) is 5.39. The monoisotopic (exact) mass is 245 g/mol. The van der Waals surface area contributed by atoms with Crippen LogP contribution in [0.2, 0.25) is 0 Å². The molecular formula is C13H12FN3O. The van der Waals surface area contributed by atoms with Crippen molar-refractivity contribution in [3.05, 3.63) is 29.6 Å². The van der Waals surface area contributed by atoms with Gasteiger partial charge in [-0.2, -0.15) is 10.5 Å². The van der Waals surface area contributed by atoms with Gasteiger partial charge >= 0.3 is 0 Å². The lowest BCUT2D eigenvalue weighted by Gasteiger charge is -2.18. The fourth-order valence-corrected chi connectivity index (χ4v) is 1.25. The average molecular weight is 245 g/mol. The molecule has 0 spiro atoms. The fourth-order valence-electron chi connectivity index (χ4n) is 1.25. The third-order valence-electron chi connectivity index (χ3n) is 2.80. The molecular weight excluding hydrogens is 233 g/mol. The quantitative estimate of drug-likeness (QED) is 0.889. The number of hydrogen-bond donors (Lipinski definition) is 1. The molecule has 0 aliphatic rings. The predicted octanol–water partition coefficient (Wildman–Crippen LogP) is 2.58. The van der Waals surface area contributed by atoms with Gasteiger partial charge in [0.05, 0.1) is 11.6 Å². The van der Waals surface area contributed by atoms with Gasteiger partial charge in [-0.25, -0.2) is 4.39 Å². The van der Waals surface area contributed by atoms with Gasteiger partial charge in [-0.1, -0.05) is 6.92 Å². The number of nitriles is 2. The van der Waals surface area contributed by atoms with Gasteiger partial charge in [-0.3, -0.25) is 4.79 Å². The second-order valence-corrected chi connectivity index (χ2v) is 4.06. The van der Waals surface area contributed by atoms with Crippen LogP contribution < -0.4 is 5.32 Å². The molecule has 1 aromatic rings. The smallest absolute Gasteiger partial charge is 0.244 e. The first-order valence-electron chi connectivity index (χ1n) is 5.39. The molecule has 4 nitrogen and oxygen atoms in total. The zero-order valence-electron chi connectivity index (χ0n) is 10.1. The van der Waals surface area contributed by atoms with Crippen LogP contribution in [-0.2, 0) is 4.79 Å². The summed E-state index contributed by atoms with van der Waals surface area (Å²) in [6.45, 7) is 3.26. The number of rotatable bonds is 3. The standard InChI is InChI=1S/C13H12FN3O/c1-3-13(2,8-16)12(18)17-10-4-5-11(14)9(6-10)7-15/h4-6H,3H2,1-2H3,(H,17,18). The lowest BCUT2D eigenvalue weighted by molar-refractivity contribution is -0.122.